The van der Waals surface area contributed by atoms with Gasteiger partial charge >= 0.3 is 0 Å². The topological polar surface area (TPSA) is 47.6 Å². The average molecular weight is 263 g/mol. The second kappa shape index (κ2) is 5.51. The van der Waals surface area contributed by atoms with Gasteiger partial charge < -0.3 is 14.8 Å². The lowest BCUT2D eigenvalue weighted by Gasteiger charge is -2.29. The molecule has 0 aromatic heterocycles. The second-order valence-electron chi connectivity index (χ2n) is 5.30. The normalized spacial score (nSPS) is 17.9. The lowest BCUT2D eigenvalue weighted by atomic mass is 9.83. The molecule has 0 aliphatic carbocycles. The number of rotatable bonds is 4. The zero-order valence-electron chi connectivity index (χ0n) is 11.9. The molecule has 4 nitrogen and oxygen atoms in total. The smallest absolute Gasteiger partial charge is 0.255 e. The Morgan fingerprint density at radius 2 is 1.89 bits per heavy atom. The third-order valence-electron chi connectivity index (χ3n) is 3.51. The lowest BCUT2D eigenvalue weighted by Crippen LogP contribution is -2.36. The summed E-state index contributed by atoms with van der Waals surface area (Å²) in [5.74, 6) is 2.14. The maximum atomic E-state index is 12.1. The summed E-state index contributed by atoms with van der Waals surface area (Å²) < 4.78 is 10.8. The van der Waals surface area contributed by atoms with Crippen molar-refractivity contribution >= 4 is 5.91 Å². The Kier molecular flexibility index (Phi) is 3.98. The monoisotopic (exact) mass is 263 g/mol. The Bertz CT molecular complexity index is 483. The predicted molar refractivity (Wildman–Crippen MR) is 74.1 cm³/mol. The molecule has 0 fully saturated rings. The van der Waals surface area contributed by atoms with Gasteiger partial charge in [-0.25, -0.2) is 0 Å². The lowest BCUT2D eigenvalue weighted by molar-refractivity contribution is 0.0933. The first-order valence-electron chi connectivity index (χ1n) is 6.61. The van der Waals surface area contributed by atoms with Crippen LogP contribution in [-0.4, -0.2) is 26.7 Å². The van der Waals surface area contributed by atoms with Crippen LogP contribution in [0.4, 0.5) is 0 Å². The zero-order valence-corrected chi connectivity index (χ0v) is 11.9. The minimum atomic E-state index is -0.0780. The van der Waals surface area contributed by atoms with E-state index in [1.54, 1.807) is 20.3 Å². The number of ether oxygens (including phenoxy) is 2. The van der Waals surface area contributed by atoms with Gasteiger partial charge in [0.05, 0.1) is 19.8 Å². The molecule has 1 aromatic rings. The van der Waals surface area contributed by atoms with Crippen molar-refractivity contribution in [1.82, 2.24) is 5.32 Å². The van der Waals surface area contributed by atoms with Crippen molar-refractivity contribution < 1.29 is 14.3 Å². The van der Waals surface area contributed by atoms with Crippen molar-refractivity contribution in [2.45, 2.75) is 26.2 Å². The predicted octanol–water partition coefficient (Wildman–Crippen LogP) is 2.58. The minimum Gasteiger partial charge on any atom is -0.496 e. The van der Waals surface area contributed by atoms with E-state index in [2.05, 4.69) is 19.2 Å². The molecule has 0 radical (unpaired) electrons. The van der Waals surface area contributed by atoms with E-state index in [9.17, 15) is 4.79 Å². The van der Waals surface area contributed by atoms with Crippen LogP contribution in [0, 0.1) is 5.92 Å². The van der Waals surface area contributed by atoms with Gasteiger partial charge in [0.25, 0.3) is 5.91 Å². The fourth-order valence-electron chi connectivity index (χ4n) is 2.74. The standard InChI is InChI=1S/C15H21NO3/c1-9(2)7-10-8-16-15(17)14-12(19-4)6-5-11(18-3)13(10)14/h5-6,9-10H,7-8H2,1-4H3,(H,16,17). The van der Waals surface area contributed by atoms with Gasteiger partial charge in [-0.1, -0.05) is 13.8 Å². The van der Waals surface area contributed by atoms with E-state index in [1.807, 2.05) is 6.07 Å². The summed E-state index contributed by atoms with van der Waals surface area (Å²) in [6.07, 6.45) is 1.01. The molecule has 1 atom stereocenters. The van der Waals surface area contributed by atoms with Gasteiger partial charge in [0.1, 0.15) is 11.5 Å². The van der Waals surface area contributed by atoms with E-state index >= 15 is 0 Å². The van der Waals surface area contributed by atoms with E-state index in [0.717, 1.165) is 17.7 Å². The Labute approximate surface area is 114 Å². The van der Waals surface area contributed by atoms with Crippen LogP contribution in [0.5, 0.6) is 11.5 Å². The molecule has 104 valence electrons. The number of hydrogen-bond acceptors (Lipinski definition) is 3. The van der Waals surface area contributed by atoms with E-state index in [-0.39, 0.29) is 11.8 Å². The molecule has 0 bridgehead atoms. The Hall–Kier alpha value is -1.71. The van der Waals surface area contributed by atoms with E-state index in [1.165, 1.54) is 0 Å². The van der Waals surface area contributed by atoms with Crippen LogP contribution >= 0.6 is 0 Å². The maximum absolute atomic E-state index is 12.1. The van der Waals surface area contributed by atoms with Crippen molar-refractivity contribution in [3.8, 4) is 11.5 Å². The minimum absolute atomic E-state index is 0.0780. The third-order valence-corrected chi connectivity index (χ3v) is 3.51. The molecule has 19 heavy (non-hydrogen) atoms. The first kappa shape index (κ1) is 13.7. The molecule has 1 N–H and O–H groups in total. The fraction of sp³-hybridized carbons (Fsp3) is 0.533. The average Bonchev–Trinajstić information content (AvgIpc) is 2.40. The molecule has 4 heteroatoms. The Morgan fingerprint density at radius 1 is 1.26 bits per heavy atom. The van der Waals surface area contributed by atoms with E-state index < -0.39 is 0 Å². The number of amides is 1. The van der Waals surface area contributed by atoms with Gasteiger partial charge in [0.2, 0.25) is 0 Å². The molecular formula is C15H21NO3. The highest BCUT2D eigenvalue weighted by Gasteiger charge is 2.31. The van der Waals surface area contributed by atoms with Gasteiger partial charge in [-0.2, -0.15) is 0 Å². The number of hydrogen-bond donors (Lipinski definition) is 1. The number of fused-ring (bicyclic) bond motifs is 1. The summed E-state index contributed by atoms with van der Waals surface area (Å²) in [4.78, 5) is 12.1. The quantitative estimate of drug-likeness (QED) is 0.908. The summed E-state index contributed by atoms with van der Waals surface area (Å²) in [6.45, 7) is 5.03. The Morgan fingerprint density at radius 3 is 2.47 bits per heavy atom. The highest BCUT2D eigenvalue weighted by molar-refractivity contribution is 6.00. The van der Waals surface area contributed by atoms with Crippen molar-refractivity contribution in [1.29, 1.82) is 0 Å². The molecule has 1 aliphatic heterocycles. The largest absolute Gasteiger partial charge is 0.496 e. The first-order chi connectivity index (χ1) is 9.08. The fourth-order valence-corrected chi connectivity index (χ4v) is 2.74. The molecule has 1 aromatic carbocycles. The van der Waals surface area contributed by atoms with Gasteiger partial charge in [0.15, 0.2) is 0 Å². The molecule has 1 heterocycles. The summed E-state index contributed by atoms with van der Waals surface area (Å²) in [5.41, 5.74) is 1.61. The summed E-state index contributed by atoms with van der Waals surface area (Å²) in [6, 6.07) is 3.67. The molecule has 1 unspecified atom stereocenters. The summed E-state index contributed by atoms with van der Waals surface area (Å²) >= 11 is 0. The number of carbonyl (C=O) groups excluding carboxylic acids is 1. The van der Waals surface area contributed by atoms with E-state index in [4.69, 9.17) is 9.47 Å². The van der Waals surface area contributed by atoms with Crippen molar-refractivity contribution in [3.63, 3.8) is 0 Å². The SMILES string of the molecule is COc1ccc(OC)c2c1C(=O)NCC2CC(C)C. The van der Waals surface area contributed by atoms with Crippen LogP contribution in [0.3, 0.4) is 0 Å². The third kappa shape index (κ3) is 2.53. The number of benzene rings is 1. The van der Waals surface area contributed by atoms with Crippen molar-refractivity contribution in [3.05, 3.63) is 23.3 Å². The Balaban J connectivity index is 2.56. The van der Waals surface area contributed by atoms with Crippen LogP contribution in [0.2, 0.25) is 0 Å². The molecule has 1 aliphatic rings. The number of methoxy groups -OCH3 is 2. The summed E-state index contributed by atoms with van der Waals surface area (Å²) in [7, 11) is 3.22. The molecule has 0 saturated heterocycles. The van der Waals surface area contributed by atoms with E-state index in [0.29, 0.717) is 23.8 Å². The van der Waals surface area contributed by atoms with Crippen LogP contribution < -0.4 is 14.8 Å². The highest BCUT2D eigenvalue weighted by atomic mass is 16.5. The zero-order chi connectivity index (χ0) is 14.0. The van der Waals surface area contributed by atoms with Gasteiger partial charge in [-0.3, -0.25) is 4.79 Å². The van der Waals surface area contributed by atoms with Crippen LogP contribution in [0.25, 0.3) is 0 Å². The molecule has 0 spiro atoms. The van der Waals surface area contributed by atoms with Gasteiger partial charge in [0, 0.05) is 18.0 Å². The van der Waals surface area contributed by atoms with Crippen LogP contribution in [0.15, 0.2) is 12.1 Å². The van der Waals surface area contributed by atoms with Crippen molar-refractivity contribution in [2.75, 3.05) is 20.8 Å². The van der Waals surface area contributed by atoms with Crippen LogP contribution in [-0.2, 0) is 0 Å². The van der Waals surface area contributed by atoms with Crippen LogP contribution in [0.1, 0.15) is 42.1 Å². The molecule has 0 saturated carbocycles. The van der Waals surface area contributed by atoms with Gasteiger partial charge in [-0.05, 0) is 24.5 Å². The van der Waals surface area contributed by atoms with Gasteiger partial charge in [-0.15, -0.1) is 0 Å². The van der Waals surface area contributed by atoms with Crippen molar-refractivity contribution in [2.24, 2.45) is 5.92 Å². The second-order valence-corrected chi connectivity index (χ2v) is 5.30. The highest BCUT2D eigenvalue weighted by Crippen LogP contribution is 2.40. The summed E-state index contributed by atoms with van der Waals surface area (Å²) in [5, 5.41) is 2.95. The first-order valence-corrected chi connectivity index (χ1v) is 6.61. The number of carbonyl (C=O) groups is 1. The molecule has 2 rings (SSSR count). The molecular weight excluding hydrogens is 242 g/mol. The molecule has 1 amide bonds. The maximum Gasteiger partial charge on any atom is 0.255 e. The number of nitrogens with one attached hydrogen (secondary N) is 1.